The summed E-state index contributed by atoms with van der Waals surface area (Å²) in [6, 6.07) is 8.22. The number of aliphatic hydroxyl groups excluding tert-OH is 1. The number of aryl methyl sites for hydroxylation is 1. The van der Waals surface area contributed by atoms with Crippen molar-refractivity contribution >= 4 is 11.8 Å². The average molecular weight is 240 g/mol. The van der Waals surface area contributed by atoms with E-state index in [2.05, 4.69) is 26.0 Å². The van der Waals surface area contributed by atoms with Crippen molar-refractivity contribution in [3.63, 3.8) is 0 Å². The quantitative estimate of drug-likeness (QED) is 0.587. The zero-order chi connectivity index (χ0) is 11.8. The molecule has 0 saturated heterocycles. The molecule has 2 nitrogen and oxygen atoms in total. The van der Waals surface area contributed by atoms with Crippen LogP contribution < -0.4 is 0 Å². The molecule has 0 spiro atoms. The molecule has 1 unspecified atom stereocenters. The first kappa shape index (κ1) is 13.6. The van der Waals surface area contributed by atoms with Crippen molar-refractivity contribution in [3.05, 3.63) is 29.8 Å². The van der Waals surface area contributed by atoms with Crippen LogP contribution in [0.25, 0.3) is 0 Å². The highest BCUT2D eigenvalue weighted by Crippen LogP contribution is 2.22. The largest absolute Gasteiger partial charge is 0.390 e. The summed E-state index contributed by atoms with van der Waals surface area (Å²) in [7, 11) is 0. The molecule has 0 aliphatic carbocycles. The van der Waals surface area contributed by atoms with Gasteiger partial charge in [0.1, 0.15) is 0 Å². The zero-order valence-electron chi connectivity index (χ0n) is 9.98. The van der Waals surface area contributed by atoms with Crippen LogP contribution >= 0.6 is 11.8 Å². The second-order valence-electron chi connectivity index (χ2n) is 3.81. The molecule has 16 heavy (non-hydrogen) atoms. The molecule has 1 N–H and O–H groups in total. The highest BCUT2D eigenvalue weighted by molar-refractivity contribution is 7.99. The van der Waals surface area contributed by atoms with E-state index in [0.29, 0.717) is 12.4 Å². The van der Waals surface area contributed by atoms with E-state index in [1.54, 1.807) is 11.8 Å². The van der Waals surface area contributed by atoms with Gasteiger partial charge in [0.05, 0.1) is 12.7 Å². The van der Waals surface area contributed by atoms with Gasteiger partial charge in [-0.2, -0.15) is 0 Å². The van der Waals surface area contributed by atoms with Gasteiger partial charge in [0, 0.05) is 17.3 Å². The molecule has 1 aromatic carbocycles. The molecule has 0 aromatic heterocycles. The van der Waals surface area contributed by atoms with E-state index in [1.807, 2.05) is 12.1 Å². The average Bonchev–Trinajstić information content (AvgIpc) is 2.28. The van der Waals surface area contributed by atoms with Crippen molar-refractivity contribution in [2.24, 2.45) is 0 Å². The van der Waals surface area contributed by atoms with Gasteiger partial charge >= 0.3 is 0 Å². The molecule has 1 atom stereocenters. The van der Waals surface area contributed by atoms with Crippen molar-refractivity contribution in [1.82, 2.24) is 0 Å². The first-order valence-corrected chi connectivity index (χ1v) is 6.66. The van der Waals surface area contributed by atoms with E-state index in [1.165, 1.54) is 10.5 Å². The highest BCUT2D eigenvalue weighted by atomic mass is 32.2. The second-order valence-corrected chi connectivity index (χ2v) is 4.87. The molecule has 90 valence electrons. The number of ether oxygens (including phenoxy) is 1. The summed E-state index contributed by atoms with van der Waals surface area (Å²) >= 11 is 1.68. The monoisotopic (exact) mass is 240 g/mol. The van der Waals surface area contributed by atoms with E-state index < -0.39 is 0 Å². The number of hydrogen-bond acceptors (Lipinski definition) is 3. The van der Waals surface area contributed by atoms with E-state index in [4.69, 9.17) is 4.74 Å². The summed E-state index contributed by atoms with van der Waals surface area (Å²) in [5.74, 6) is 0.689. The Balaban J connectivity index is 2.26. The fraction of sp³-hybridized carbons (Fsp3) is 0.538. The molecule has 0 heterocycles. The Labute approximate surface area is 102 Å². The molecular weight excluding hydrogens is 220 g/mol. The molecule has 0 amide bonds. The van der Waals surface area contributed by atoms with Gasteiger partial charge < -0.3 is 9.84 Å². The Morgan fingerprint density at radius 1 is 1.38 bits per heavy atom. The van der Waals surface area contributed by atoms with Crippen LogP contribution in [0.4, 0.5) is 0 Å². The maximum absolute atomic E-state index is 9.68. The summed E-state index contributed by atoms with van der Waals surface area (Å²) in [5.41, 5.74) is 1.26. The molecular formula is C13H20O2S. The molecule has 0 aliphatic heterocycles. The molecule has 0 aliphatic rings. The summed E-state index contributed by atoms with van der Waals surface area (Å²) in [4.78, 5) is 1.23. The molecule has 0 radical (unpaired) electrons. The Morgan fingerprint density at radius 2 is 2.12 bits per heavy atom. The minimum absolute atomic E-state index is 0.379. The fourth-order valence-electron chi connectivity index (χ4n) is 1.32. The van der Waals surface area contributed by atoms with Crippen LogP contribution in [-0.4, -0.2) is 30.2 Å². The van der Waals surface area contributed by atoms with Crippen LogP contribution in [0.15, 0.2) is 29.2 Å². The van der Waals surface area contributed by atoms with Crippen molar-refractivity contribution in [2.45, 2.75) is 31.3 Å². The van der Waals surface area contributed by atoms with Crippen molar-refractivity contribution in [2.75, 3.05) is 19.0 Å². The Hall–Kier alpha value is -0.510. The highest BCUT2D eigenvalue weighted by Gasteiger charge is 2.06. The van der Waals surface area contributed by atoms with Gasteiger partial charge in [-0.05, 0) is 25.0 Å². The summed E-state index contributed by atoms with van der Waals surface area (Å²) in [6.45, 7) is 5.32. The van der Waals surface area contributed by atoms with E-state index in [0.717, 1.165) is 13.0 Å². The SMILES string of the molecule is CCCOCC(O)CSc1ccccc1C. The van der Waals surface area contributed by atoms with Gasteiger partial charge in [-0.15, -0.1) is 11.8 Å². The summed E-state index contributed by atoms with van der Waals surface area (Å²) < 4.78 is 5.30. The lowest BCUT2D eigenvalue weighted by atomic mass is 10.2. The second kappa shape index (κ2) is 7.71. The normalized spacial score (nSPS) is 12.7. The summed E-state index contributed by atoms with van der Waals surface area (Å²) in [5, 5.41) is 9.68. The van der Waals surface area contributed by atoms with E-state index in [9.17, 15) is 5.11 Å². The van der Waals surface area contributed by atoms with Crippen LogP contribution in [0.1, 0.15) is 18.9 Å². The van der Waals surface area contributed by atoms with Crippen LogP contribution in [0, 0.1) is 6.92 Å². The maximum Gasteiger partial charge on any atom is 0.0867 e. The third-order valence-corrected chi connectivity index (χ3v) is 3.50. The van der Waals surface area contributed by atoms with Crippen LogP contribution in [0.2, 0.25) is 0 Å². The lowest BCUT2D eigenvalue weighted by Gasteiger charge is -2.11. The zero-order valence-corrected chi connectivity index (χ0v) is 10.8. The Morgan fingerprint density at radius 3 is 2.81 bits per heavy atom. The smallest absolute Gasteiger partial charge is 0.0867 e. The maximum atomic E-state index is 9.68. The molecule has 0 bridgehead atoms. The predicted molar refractivity (Wildman–Crippen MR) is 69.0 cm³/mol. The molecule has 3 heteroatoms. The lowest BCUT2D eigenvalue weighted by molar-refractivity contribution is 0.0489. The third kappa shape index (κ3) is 5.01. The van der Waals surface area contributed by atoms with E-state index >= 15 is 0 Å². The number of aliphatic hydroxyl groups is 1. The number of rotatable bonds is 7. The van der Waals surface area contributed by atoms with Gasteiger partial charge in [0.2, 0.25) is 0 Å². The predicted octanol–water partition coefficient (Wildman–Crippen LogP) is 2.87. The fourth-order valence-corrected chi connectivity index (χ4v) is 2.25. The van der Waals surface area contributed by atoms with Gasteiger partial charge in [-0.1, -0.05) is 25.1 Å². The van der Waals surface area contributed by atoms with Crippen molar-refractivity contribution in [1.29, 1.82) is 0 Å². The molecule has 1 rings (SSSR count). The number of hydrogen-bond donors (Lipinski definition) is 1. The number of benzene rings is 1. The Kier molecular flexibility index (Phi) is 6.53. The minimum Gasteiger partial charge on any atom is -0.390 e. The standard InChI is InChI=1S/C13H20O2S/c1-3-8-15-9-12(14)10-16-13-7-5-4-6-11(13)2/h4-7,12,14H,3,8-10H2,1-2H3. The third-order valence-electron chi connectivity index (χ3n) is 2.18. The van der Waals surface area contributed by atoms with Gasteiger partial charge in [-0.3, -0.25) is 0 Å². The lowest BCUT2D eigenvalue weighted by Crippen LogP contribution is -2.18. The molecule has 0 fully saturated rings. The minimum atomic E-state index is -0.379. The van der Waals surface area contributed by atoms with Gasteiger partial charge in [-0.25, -0.2) is 0 Å². The van der Waals surface area contributed by atoms with Crippen LogP contribution in [-0.2, 0) is 4.74 Å². The molecule has 0 saturated carbocycles. The van der Waals surface area contributed by atoms with E-state index in [-0.39, 0.29) is 6.10 Å². The van der Waals surface area contributed by atoms with Gasteiger partial charge in [0.15, 0.2) is 0 Å². The first-order chi connectivity index (χ1) is 7.74. The van der Waals surface area contributed by atoms with Gasteiger partial charge in [0.25, 0.3) is 0 Å². The van der Waals surface area contributed by atoms with Crippen LogP contribution in [0.3, 0.4) is 0 Å². The Bertz CT molecular complexity index is 302. The van der Waals surface area contributed by atoms with Crippen molar-refractivity contribution < 1.29 is 9.84 Å². The topological polar surface area (TPSA) is 29.5 Å². The van der Waals surface area contributed by atoms with Crippen LogP contribution in [0.5, 0.6) is 0 Å². The number of thioether (sulfide) groups is 1. The first-order valence-electron chi connectivity index (χ1n) is 5.68. The van der Waals surface area contributed by atoms with Crippen molar-refractivity contribution in [3.8, 4) is 0 Å². The summed E-state index contributed by atoms with van der Waals surface area (Å²) in [6.07, 6.45) is 0.619. The molecule has 1 aromatic rings.